The van der Waals surface area contributed by atoms with Crippen LogP contribution in [-0.4, -0.2) is 11.4 Å². The minimum absolute atomic E-state index is 0.0233. The molecule has 1 aromatic rings. The van der Waals surface area contributed by atoms with Crippen LogP contribution in [-0.2, 0) is 11.4 Å². The van der Waals surface area contributed by atoms with Crippen molar-refractivity contribution in [1.29, 1.82) is 0 Å². The van der Waals surface area contributed by atoms with E-state index in [0.29, 0.717) is 0 Å². The fraction of sp³-hybridized carbons (Fsp3) is 0.300. The highest BCUT2D eigenvalue weighted by atomic mass is 127. The van der Waals surface area contributed by atoms with E-state index in [1.807, 2.05) is 25.1 Å². The van der Waals surface area contributed by atoms with Gasteiger partial charge in [0, 0.05) is 9.49 Å². The van der Waals surface area contributed by atoms with Gasteiger partial charge in [-0.1, -0.05) is 19.1 Å². The fourth-order valence-electron chi connectivity index (χ4n) is 1.11. The molecule has 70 valence electrons. The molecule has 0 aromatic heterocycles. The summed E-state index contributed by atoms with van der Waals surface area (Å²) in [4.78, 5) is 10.6. The molecule has 1 N–H and O–H groups in total. The van der Waals surface area contributed by atoms with E-state index in [-0.39, 0.29) is 12.5 Å². The molecule has 0 amide bonds. The number of aldehydes is 1. The number of aliphatic hydroxyl groups is 1. The second-order valence-corrected chi connectivity index (χ2v) is 4.10. The summed E-state index contributed by atoms with van der Waals surface area (Å²) in [6.07, 6.45) is 0.915. The maximum Gasteiger partial charge on any atom is 0.127 e. The predicted molar refractivity (Wildman–Crippen MR) is 59.6 cm³/mol. The fourth-order valence-corrected chi connectivity index (χ4v) is 1.94. The van der Waals surface area contributed by atoms with Gasteiger partial charge in [-0.25, -0.2) is 0 Å². The third-order valence-corrected chi connectivity index (χ3v) is 2.92. The van der Waals surface area contributed by atoms with Crippen LogP contribution in [0.25, 0.3) is 0 Å². The van der Waals surface area contributed by atoms with E-state index in [9.17, 15) is 4.79 Å². The average molecular weight is 290 g/mol. The number of aliphatic hydroxyl groups excluding tert-OH is 1. The largest absolute Gasteiger partial charge is 0.392 e. The van der Waals surface area contributed by atoms with Crippen molar-refractivity contribution in [3.63, 3.8) is 0 Å². The van der Waals surface area contributed by atoms with Crippen molar-refractivity contribution in [3.8, 4) is 0 Å². The number of carbonyl (C=O) groups excluding carboxylic acids is 1. The molecule has 0 saturated carbocycles. The minimum Gasteiger partial charge on any atom is -0.392 e. The van der Waals surface area contributed by atoms with Gasteiger partial charge in [-0.2, -0.15) is 0 Å². The molecule has 0 aliphatic heterocycles. The van der Waals surface area contributed by atoms with Crippen molar-refractivity contribution in [2.75, 3.05) is 0 Å². The summed E-state index contributed by atoms with van der Waals surface area (Å²) in [7, 11) is 0. The molecule has 1 unspecified atom stereocenters. The van der Waals surface area contributed by atoms with Crippen LogP contribution in [0.15, 0.2) is 18.2 Å². The Morgan fingerprint density at radius 1 is 1.62 bits per heavy atom. The lowest BCUT2D eigenvalue weighted by atomic mass is 10.0. The van der Waals surface area contributed by atoms with Gasteiger partial charge in [0.25, 0.3) is 0 Å². The third-order valence-electron chi connectivity index (χ3n) is 1.94. The van der Waals surface area contributed by atoms with Crippen LogP contribution in [0.2, 0.25) is 0 Å². The number of hydrogen-bond donors (Lipinski definition) is 1. The van der Waals surface area contributed by atoms with E-state index in [0.717, 1.165) is 21.0 Å². The van der Waals surface area contributed by atoms with Crippen LogP contribution in [0, 0.1) is 3.57 Å². The Hall–Kier alpha value is -0.420. The summed E-state index contributed by atoms with van der Waals surface area (Å²) in [5.41, 5.74) is 1.84. The standard InChI is InChI=1S/C10H11IO2/c1-7(5-12)9-4-8(6-13)2-3-10(9)11/h2-5,7,13H,6H2,1H3. The molecule has 3 heteroatoms. The molecule has 2 nitrogen and oxygen atoms in total. The number of halogens is 1. The number of benzene rings is 1. The maximum absolute atomic E-state index is 10.6. The quantitative estimate of drug-likeness (QED) is 0.683. The first-order valence-corrected chi connectivity index (χ1v) is 5.11. The van der Waals surface area contributed by atoms with Gasteiger partial charge in [-0.05, 0) is 39.8 Å². The molecule has 0 bridgehead atoms. The Kier molecular flexibility index (Phi) is 3.87. The summed E-state index contributed by atoms with van der Waals surface area (Å²) in [6, 6.07) is 5.66. The molecule has 0 saturated heterocycles. The Morgan fingerprint density at radius 3 is 2.85 bits per heavy atom. The molecule has 0 radical (unpaired) electrons. The van der Waals surface area contributed by atoms with Gasteiger partial charge in [0.15, 0.2) is 0 Å². The first-order valence-electron chi connectivity index (χ1n) is 4.03. The van der Waals surface area contributed by atoms with Crippen LogP contribution in [0.4, 0.5) is 0 Å². The topological polar surface area (TPSA) is 37.3 Å². The summed E-state index contributed by atoms with van der Waals surface area (Å²) >= 11 is 2.19. The van der Waals surface area contributed by atoms with E-state index in [1.165, 1.54) is 0 Å². The molecular weight excluding hydrogens is 279 g/mol. The van der Waals surface area contributed by atoms with Crippen LogP contribution >= 0.6 is 22.6 Å². The average Bonchev–Trinajstić information content (AvgIpc) is 2.17. The van der Waals surface area contributed by atoms with Gasteiger partial charge in [-0.3, -0.25) is 0 Å². The Morgan fingerprint density at radius 2 is 2.31 bits per heavy atom. The Balaban J connectivity index is 3.10. The molecule has 0 spiro atoms. The number of rotatable bonds is 3. The summed E-state index contributed by atoms with van der Waals surface area (Å²) in [5, 5.41) is 8.92. The van der Waals surface area contributed by atoms with Crippen LogP contribution in [0.5, 0.6) is 0 Å². The van der Waals surface area contributed by atoms with Crippen molar-refractivity contribution >= 4 is 28.9 Å². The van der Waals surface area contributed by atoms with E-state index in [2.05, 4.69) is 22.6 Å². The maximum atomic E-state index is 10.6. The Labute approximate surface area is 91.1 Å². The highest BCUT2D eigenvalue weighted by Crippen LogP contribution is 2.21. The van der Waals surface area contributed by atoms with Gasteiger partial charge >= 0.3 is 0 Å². The molecule has 1 atom stereocenters. The predicted octanol–water partition coefficient (Wildman–Crippen LogP) is 2.09. The first kappa shape index (κ1) is 10.7. The van der Waals surface area contributed by atoms with E-state index in [4.69, 9.17) is 5.11 Å². The number of carbonyl (C=O) groups is 1. The molecule has 13 heavy (non-hydrogen) atoms. The zero-order valence-corrected chi connectivity index (χ0v) is 9.48. The second-order valence-electron chi connectivity index (χ2n) is 2.94. The summed E-state index contributed by atoms with van der Waals surface area (Å²) in [6.45, 7) is 1.88. The van der Waals surface area contributed by atoms with Crippen LogP contribution < -0.4 is 0 Å². The molecule has 0 fully saturated rings. The molecule has 1 rings (SSSR count). The zero-order chi connectivity index (χ0) is 9.84. The monoisotopic (exact) mass is 290 g/mol. The van der Waals surface area contributed by atoms with Crippen molar-refractivity contribution in [2.24, 2.45) is 0 Å². The minimum atomic E-state index is -0.0987. The van der Waals surface area contributed by atoms with E-state index in [1.54, 1.807) is 0 Å². The lowest BCUT2D eigenvalue weighted by molar-refractivity contribution is -0.108. The summed E-state index contributed by atoms with van der Waals surface area (Å²) in [5.74, 6) is -0.0987. The third kappa shape index (κ3) is 2.51. The molecular formula is C10H11IO2. The molecule has 1 aromatic carbocycles. The van der Waals surface area contributed by atoms with Gasteiger partial charge in [-0.15, -0.1) is 0 Å². The van der Waals surface area contributed by atoms with Gasteiger partial charge in [0.05, 0.1) is 6.61 Å². The lowest BCUT2D eigenvalue weighted by Gasteiger charge is -2.08. The second kappa shape index (κ2) is 4.72. The Bertz CT molecular complexity index is 310. The van der Waals surface area contributed by atoms with Crippen molar-refractivity contribution < 1.29 is 9.90 Å². The molecule has 0 aliphatic carbocycles. The highest BCUT2D eigenvalue weighted by molar-refractivity contribution is 14.1. The smallest absolute Gasteiger partial charge is 0.127 e. The molecule has 0 heterocycles. The van der Waals surface area contributed by atoms with Gasteiger partial charge in [0.2, 0.25) is 0 Å². The van der Waals surface area contributed by atoms with Gasteiger partial charge < -0.3 is 9.90 Å². The SMILES string of the molecule is CC(C=O)c1cc(CO)ccc1I. The first-order chi connectivity index (χ1) is 6.19. The van der Waals surface area contributed by atoms with Crippen LogP contribution in [0.1, 0.15) is 24.0 Å². The lowest BCUT2D eigenvalue weighted by Crippen LogP contribution is -1.99. The van der Waals surface area contributed by atoms with Gasteiger partial charge in [0.1, 0.15) is 6.29 Å². The molecule has 0 aliphatic rings. The number of hydrogen-bond acceptors (Lipinski definition) is 2. The van der Waals surface area contributed by atoms with Crippen molar-refractivity contribution in [1.82, 2.24) is 0 Å². The van der Waals surface area contributed by atoms with E-state index < -0.39 is 0 Å². The van der Waals surface area contributed by atoms with E-state index >= 15 is 0 Å². The zero-order valence-electron chi connectivity index (χ0n) is 7.33. The normalized spacial score (nSPS) is 12.5. The van der Waals surface area contributed by atoms with Crippen molar-refractivity contribution in [2.45, 2.75) is 19.4 Å². The summed E-state index contributed by atoms with van der Waals surface area (Å²) < 4.78 is 1.06. The van der Waals surface area contributed by atoms with Crippen molar-refractivity contribution in [3.05, 3.63) is 32.9 Å². The highest BCUT2D eigenvalue weighted by Gasteiger charge is 2.08. The van der Waals surface area contributed by atoms with Crippen LogP contribution in [0.3, 0.4) is 0 Å².